The van der Waals surface area contributed by atoms with Crippen molar-refractivity contribution in [2.24, 2.45) is 0 Å². The Labute approximate surface area is 121 Å². The fourth-order valence-electron chi connectivity index (χ4n) is 1.81. The predicted molar refractivity (Wildman–Crippen MR) is 80.9 cm³/mol. The molecule has 0 fully saturated rings. The average molecular weight is 289 g/mol. The van der Waals surface area contributed by atoms with Crippen molar-refractivity contribution in [3.05, 3.63) is 60.2 Å². The topological polar surface area (TPSA) is 46.5 Å². The molecule has 1 atom stereocenters. The molecule has 0 bridgehead atoms. The van der Waals surface area contributed by atoms with Gasteiger partial charge >= 0.3 is 5.97 Å². The second-order valence-electron chi connectivity index (χ2n) is 4.37. The van der Waals surface area contributed by atoms with E-state index < -0.39 is 12.6 Å². The largest absolute Gasteiger partial charge is 0.425 e. The molecular formula is C16H17O3S+. The van der Waals surface area contributed by atoms with Gasteiger partial charge in [0.15, 0.2) is 4.90 Å². The van der Waals surface area contributed by atoms with Crippen LogP contribution in [0, 0.1) is 0 Å². The highest BCUT2D eigenvalue weighted by atomic mass is 32.2. The normalized spacial score (nSPS) is 11.9. The molecule has 0 aliphatic heterocycles. The maximum atomic E-state index is 11.0. The van der Waals surface area contributed by atoms with Crippen LogP contribution in [0.1, 0.15) is 5.56 Å². The van der Waals surface area contributed by atoms with E-state index in [0.717, 1.165) is 5.75 Å². The zero-order valence-electron chi connectivity index (χ0n) is 11.3. The van der Waals surface area contributed by atoms with Crippen LogP contribution in [0.15, 0.2) is 59.5 Å². The fraction of sp³-hybridized carbons (Fsp3) is 0.188. The molecule has 2 aromatic carbocycles. The zero-order chi connectivity index (χ0) is 14.4. The van der Waals surface area contributed by atoms with E-state index in [1.54, 1.807) is 12.1 Å². The molecule has 0 saturated heterocycles. The highest BCUT2D eigenvalue weighted by molar-refractivity contribution is 7.95. The highest BCUT2D eigenvalue weighted by Crippen LogP contribution is 2.20. The van der Waals surface area contributed by atoms with Gasteiger partial charge in [0, 0.05) is 16.5 Å². The maximum absolute atomic E-state index is 11.0. The molecule has 0 radical (unpaired) electrons. The molecule has 0 aliphatic carbocycles. The molecule has 1 unspecified atom stereocenters. The molecule has 104 valence electrons. The summed E-state index contributed by atoms with van der Waals surface area (Å²) >= 11 is 0. The molecule has 1 N–H and O–H groups in total. The third-order valence-electron chi connectivity index (χ3n) is 2.81. The summed E-state index contributed by atoms with van der Waals surface area (Å²) in [6.07, 6.45) is 2.20. The minimum atomic E-state index is -0.641. The van der Waals surface area contributed by atoms with E-state index in [0.29, 0.717) is 5.75 Å². The van der Waals surface area contributed by atoms with Gasteiger partial charge in [-0.15, -0.1) is 0 Å². The number of rotatable bonds is 5. The smallest absolute Gasteiger partial charge is 0.337 e. The van der Waals surface area contributed by atoms with E-state index in [1.165, 1.54) is 10.5 Å². The molecule has 20 heavy (non-hydrogen) atoms. The Morgan fingerprint density at radius 3 is 2.35 bits per heavy atom. The van der Waals surface area contributed by atoms with Crippen LogP contribution in [-0.4, -0.2) is 23.9 Å². The number of ether oxygens (including phenoxy) is 1. The summed E-state index contributed by atoms with van der Waals surface area (Å²) in [7, 11) is 0.103. The van der Waals surface area contributed by atoms with E-state index in [-0.39, 0.29) is 10.9 Å². The van der Waals surface area contributed by atoms with Gasteiger partial charge in [0.05, 0.1) is 0 Å². The van der Waals surface area contributed by atoms with Gasteiger partial charge in [-0.05, 0) is 24.3 Å². The first-order valence-electron chi connectivity index (χ1n) is 6.27. The summed E-state index contributed by atoms with van der Waals surface area (Å²) in [4.78, 5) is 12.2. The predicted octanol–water partition coefficient (Wildman–Crippen LogP) is 2.39. The highest BCUT2D eigenvalue weighted by Gasteiger charge is 2.16. The van der Waals surface area contributed by atoms with Crippen LogP contribution in [0.2, 0.25) is 0 Å². The Balaban J connectivity index is 2.00. The second-order valence-corrected chi connectivity index (χ2v) is 6.41. The fourth-order valence-corrected chi connectivity index (χ4v) is 3.27. The van der Waals surface area contributed by atoms with Gasteiger partial charge in [0.25, 0.3) is 0 Å². The van der Waals surface area contributed by atoms with Gasteiger partial charge < -0.3 is 9.84 Å². The summed E-state index contributed by atoms with van der Waals surface area (Å²) in [6, 6.07) is 17.8. The van der Waals surface area contributed by atoms with E-state index in [2.05, 4.69) is 18.4 Å². The van der Waals surface area contributed by atoms with Crippen LogP contribution in [0.5, 0.6) is 5.75 Å². The van der Waals surface area contributed by atoms with Gasteiger partial charge in [-0.3, -0.25) is 0 Å². The lowest BCUT2D eigenvalue weighted by atomic mass is 10.2. The average Bonchev–Trinajstić information content (AvgIpc) is 2.49. The molecule has 2 aromatic rings. The van der Waals surface area contributed by atoms with Crippen LogP contribution in [0.4, 0.5) is 0 Å². The van der Waals surface area contributed by atoms with Gasteiger partial charge in [-0.2, -0.15) is 0 Å². The van der Waals surface area contributed by atoms with Crippen LogP contribution in [0.3, 0.4) is 0 Å². The van der Waals surface area contributed by atoms with Crippen molar-refractivity contribution in [3.8, 4) is 5.75 Å². The van der Waals surface area contributed by atoms with Crippen molar-refractivity contribution >= 4 is 16.9 Å². The lowest BCUT2D eigenvalue weighted by Crippen LogP contribution is -2.12. The number of hydrogen-bond donors (Lipinski definition) is 1. The molecule has 0 heterocycles. The van der Waals surface area contributed by atoms with Crippen molar-refractivity contribution < 1.29 is 14.6 Å². The molecule has 2 rings (SSSR count). The number of benzene rings is 2. The number of aliphatic hydroxyl groups is 1. The van der Waals surface area contributed by atoms with Crippen molar-refractivity contribution in [2.45, 2.75) is 10.6 Å². The molecule has 4 heteroatoms. The van der Waals surface area contributed by atoms with E-state index in [1.807, 2.05) is 30.3 Å². The van der Waals surface area contributed by atoms with Gasteiger partial charge in [-0.25, -0.2) is 4.79 Å². The standard InChI is InChI=1S/C16H17O3S/c1-20(12-13-5-3-2-4-6-13)15-9-7-14(8-10-15)19-16(18)11-17/h2-10,17H,11-12H2,1H3/q+1. The van der Waals surface area contributed by atoms with Crippen LogP contribution in [-0.2, 0) is 21.4 Å². The van der Waals surface area contributed by atoms with Crippen LogP contribution in [0.25, 0.3) is 0 Å². The van der Waals surface area contributed by atoms with Gasteiger partial charge in [0.2, 0.25) is 0 Å². The molecule has 0 aliphatic rings. The monoisotopic (exact) mass is 289 g/mol. The number of carbonyl (C=O) groups excluding carboxylic acids is 1. The molecule has 0 saturated carbocycles. The van der Waals surface area contributed by atoms with Crippen LogP contribution >= 0.6 is 0 Å². The van der Waals surface area contributed by atoms with Crippen molar-refractivity contribution in [1.82, 2.24) is 0 Å². The Morgan fingerprint density at radius 1 is 1.10 bits per heavy atom. The summed E-state index contributed by atoms with van der Waals surface area (Å²) < 4.78 is 4.93. The maximum Gasteiger partial charge on any atom is 0.337 e. The van der Waals surface area contributed by atoms with E-state index >= 15 is 0 Å². The minimum absolute atomic E-state index is 0.103. The first-order chi connectivity index (χ1) is 9.69. The van der Waals surface area contributed by atoms with Gasteiger partial charge in [0.1, 0.15) is 24.4 Å². The quantitative estimate of drug-likeness (QED) is 0.522. The van der Waals surface area contributed by atoms with Crippen molar-refractivity contribution in [1.29, 1.82) is 0 Å². The Morgan fingerprint density at radius 2 is 1.75 bits per heavy atom. The third kappa shape index (κ3) is 4.11. The Hall–Kier alpha value is -1.78. The SMILES string of the molecule is C[S+](Cc1ccccc1)c1ccc(OC(=O)CO)cc1. The summed E-state index contributed by atoms with van der Waals surface area (Å²) in [5.74, 6) is 0.818. The number of esters is 1. The number of aliphatic hydroxyl groups excluding tert-OH is 1. The molecule has 0 amide bonds. The third-order valence-corrected chi connectivity index (χ3v) is 4.66. The first kappa shape index (κ1) is 14.6. The Bertz CT molecular complexity index is 552. The molecule has 0 aromatic heterocycles. The van der Waals surface area contributed by atoms with Gasteiger partial charge in [-0.1, -0.05) is 30.3 Å². The first-order valence-corrected chi connectivity index (χ1v) is 8.07. The van der Waals surface area contributed by atoms with E-state index in [9.17, 15) is 4.79 Å². The lowest BCUT2D eigenvalue weighted by molar-refractivity contribution is -0.137. The summed E-state index contributed by atoms with van der Waals surface area (Å²) in [6.45, 7) is -0.603. The van der Waals surface area contributed by atoms with Crippen LogP contribution < -0.4 is 4.74 Å². The van der Waals surface area contributed by atoms with E-state index in [4.69, 9.17) is 9.84 Å². The molecule has 3 nitrogen and oxygen atoms in total. The minimum Gasteiger partial charge on any atom is -0.425 e. The summed E-state index contributed by atoms with van der Waals surface area (Å²) in [5, 5.41) is 8.63. The zero-order valence-corrected chi connectivity index (χ0v) is 12.1. The Kier molecular flexibility index (Phi) is 5.21. The summed E-state index contributed by atoms with van der Waals surface area (Å²) in [5.41, 5.74) is 1.31. The lowest BCUT2D eigenvalue weighted by Gasteiger charge is -2.05. The second kappa shape index (κ2) is 7.12. The molecule has 0 spiro atoms. The number of carbonyl (C=O) groups is 1. The molecular weight excluding hydrogens is 272 g/mol. The number of hydrogen-bond acceptors (Lipinski definition) is 3. The van der Waals surface area contributed by atoms with Crippen molar-refractivity contribution in [3.63, 3.8) is 0 Å². The van der Waals surface area contributed by atoms with Crippen molar-refractivity contribution in [2.75, 3.05) is 12.9 Å².